The molecular formula is C12H14F2O4S. The van der Waals surface area contributed by atoms with Crippen LogP contribution in [0.15, 0.2) is 11.0 Å². The number of sulfone groups is 1. The summed E-state index contributed by atoms with van der Waals surface area (Å²) in [5, 5.41) is 0. The Hall–Kier alpha value is -1.50. The van der Waals surface area contributed by atoms with Gasteiger partial charge < -0.3 is 9.53 Å². The molecule has 0 aliphatic carbocycles. The lowest BCUT2D eigenvalue weighted by Crippen LogP contribution is -2.10. The van der Waals surface area contributed by atoms with E-state index in [0.717, 1.165) is 13.2 Å². The molecule has 106 valence electrons. The number of methoxy groups -OCH3 is 1. The Labute approximate surface area is 110 Å². The van der Waals surface area contributed by atoms with Crippen LogP contribution < -0.4 is 4.74 Å². The summed E-state index contributed by atoms with van der Waals surface area (Å²) in [6, 6.07) is 0.895. The van der Waals surface area contributed by atoms with Crippen molar-refractivity contribution in [3.63, 3.8) is 0 Å². The number of carbonyl (C=O) groups is 1. The van der Waals surface area contributed by atoms with Crippen LogP contribution in [-0.4, -0.2) is 28.1 Å². The molecule has 1 unspecified atom stereocenters. The molecule has 0 aliphatic rings. The number of rotatable bonds is 5. The summed E-state index contributed by atoms with van der Waals surface area (Å²) in [6.07, 6.45) is 1.38. The monoisotopic (exact) mass is 292 g/mol. The summed E-state index contributed by atoms with van der Waals surface area (Å²) < 4.78 is 55.3. The lowest BCUT2D eigenvalue weighted by molar-refractivity contribution is -0.108. The third kappa shape index (κ3) is 3.09. The second kappa shape index (κ2) is 5.64. The minimum Gasteiger partial charge on any atom is -0.493 e. The Kier molecular flexibility index (Phi) is 4.62. The maximum absolute atomic E-state index is 14.1. The summed E-state index contributed by atoms with van der Waals surface area (Å²) in [4.78, 5) is 9.44. The average Bonchev–Trinajstić information content (AvgIpc) is 2.26. The minimum atomic E-state index is -4.05. The fourth-order valence-electron chi connectivity index (χ4n) is 1.79. The molecule has 0 aliphatic heterocycles. The topological polar surface area (TPSA) is 60.4 Å². The van der Waals surface area contributed by atoms with Crippen molar-refractivity contribution < 1.29 is 26.7 Å². The van der Waals surface area contributed by atoms with Crippen LogP contribution in [-0.2, 0) is 14.6 Å². The van der Waals surface area contributed by atoms with E-state index in [-0.39, 0.29) is 17.7 Å². The molecule has 0 saturated heterocycles. The molecule has 1 aromatic carbocycles. The van der Waals surface area contributed by atoms with E-state index in [2.05, 4.69) is 0 Å². The van der Waals surface area contributed by atoms with Crippen LogP contribution in [0.3, 0.4) is 0 Å². The highest BCUT2D eigenvalue weighted by atomic mass is 32.2. The first-order valence-corrected chi connectivity index (χ1v) is 7.32. The molecule has 0 fully saturated rings. The van der Waals surface area contributed by atoms with Crippen LogP contribution in [0.2, 0.25) is 0 Å². The van der Waals surface area contributed by atoms with Crippen molar-refractivity contribution in [2.24, 2.45) is 0 Å². The van der Waals surface area contributed by atoms with Gasteiger partial charge in [0.25, 0.3) is 0 Å². The van der Waals surface area contributed by atoms with Gasteiger partial charge in [-0.25, -0.2) is 17.2 Å². The van der Waals surface area contributed by atoms with Crippen molar-refractivity contribution in [1.29, 1.82) is 0 Å². The molecule has 4 nitrogen and oxygen atoms in total. The van der Waals surface area contributed by atoms with E-state index in [0.29, 0.717) is 12.5 Å². The Morgan fingerprint density at radius 1 is 1.42 bits per heavy atom. The highest BCUT2D eigenvalue weighted by Gasteiger charge is 2.27. The van der Waals surface area contributed by atoms with Gasteiger partial charge >= 0.3 is 0 Å². The van der Waals surface area contributed by atoms with Crippen molar-refractivity contribution in [3.8, 4) is 5.75 Å². The number of carbonyl (C=O) groups excluding carboxylic acids is 1. The molecular weight excluding hydrogens is 278 g/mol. The second-order valence-corrected chi connectivity index (χ2v) is 6.15. The quantitative estimate of drug-likeness (QED) is 0.779. The predicted octanol–water partition coefficient (Wildman–Crippen LogP) is 2.07. The van der Waals surface area contributed by atoms with E-state index in [4.69, 9.17) is 4.74 Å². The van der Waals surface area contributed by atoms with Gasteiger partial charge in [-0.1, -0.05) is 6.92 Å². The number of hydrogen-bond donors (Lipinski definition) is 0. The van der Waals surface area contributed by atoms with E-state index >= 15 is 0 Å². The number of hydrogen-bond acceptors (Lipinski definition) is 4. The lowest BCUT2D eigenvalue weighted by Gasteiger charge is -2.16. The van der Waals surface area contributed by atoms with Crippen LogP contribution >= 0.6 is 0 Å². The molecule has 19 heavy (non-hydrogen) atoms. The van der Waals surface area contributed by atoms with Crippen LogP contribution in [0.4, 0.5) is 8.78 Å². The Bertz CT molecular complexity index is 596. The normalized spacial score (nSPS) is 13.1. The van der Waals surface area contributed by atoms with Crippen molar-refractivity contribution in [1.82, 2.24) is 0 Å². The van der Waals surface area contributed by atoms with Crippen LogP contribution in [0.5, 0.6) is 5.75 Å². The summed E-state index contributed by atoms with van der Waals surface area (Å²) in [7, 11) is -2.90. The van der Waals surface area contributed by atoms with Gasteiger partial charge in [0, 0.05) is 18.2 Å². The van der Waals surface area contributed by atoms with Gasteiger partial charge in [0.2, 0.25) is 0 Å². The smallest absolute Gasteiger partial charge is 0.186 e. The fourth-order valence-corrected chi connectivity index (χ4v) is 2.62. The molecule has 0 N–H and O–H groups in total. The molecule has 0 bridgehead atoms. The number of aldehydes is 1. The van der Waals surface area contributed by atoms with Gasteiger partial charge in [0.15, 0.2) is 21.4 Å². The number of benzene rings is 1. The van der Waals surface area contributed by atoms with Gasteiger partial charge in [-0.2, -0.15) is 0 Å². The minimum absolute atomic E-state index is 0.0491. The van der Waals surface area contributed by atoms with Crippen LogP contribution in [0.25, 0.3) is 0 Å². The molecule has 0 aromatic heterocycles. The maximum atomic E-state index is 14.1. The third-order valence-corrected chi connectivity index (χ3v) is 3.83. The zero-order valence-electron chi connectivity index (χ0n) is 10.7. The van der Waals surface area contributed by atoms with E-state index < -0.39 is 32.3 Å². The summed E-state index contributed by atoms with van der Waals surface area (Å²) in [5.74, 6) is -3.28. The zero-order chi connectivity index (χ0) is 14.8. The van der Waals surface area contributed by atoms with Crippen LogP contribution in [0, 0.1) is 11.6 Å². The zero-order valence-corrected chi connectivity index (χ0v) is 11.6. The molecule has 1 aromatic rings. The fraction of sp³-hybridized carbons (Fsp3) is 0.417. The Balaban J connectivity index is 3.60. The van der Waals surface area contributed by atoms with Crippen molar-refractivity contribution in [2.75, 3.05) is 13.4 Å². The van der Waals surface area contributed by atoms with Gasteiger partial charge in [0.1, 0.15) is 17.0 Å². The highest BCUT2D eigenvalue weighted by molar-refractivity contribution is 7.90. The summed E-state index contributed by atoms with van der Waals surface area (Å²) >= 11 is 0. The third-order valence-electron chi connectivity index (χ3n) is 2.72. The predicted molar refractivity (Wildman–Crippen MR) is 65.1 cm³/mol. The van der Waals surface area contributed by atoms with Crippen molar-refractivity contribution in [2.45, 2.75) is 24.2 Å². The SMILES string of the molecule is COc1c(C(C)CC=O)cc(F)c(S(C)(=O)=O)c1F. The van der Waals surface area contributed by atoms with Gasteiger partial charge in [-0.3, -0.25) is 0 Å². The first-order valence-electron chi connectivity index (χ1n) is 5.43. The van der Waals surface area contributed by atoms with E-state index in [1.165, 1.54) is 0 Å². The number of halogens is 2. The molecule has 0 amide bonds. The van der Waals surface area contributed by atoms with E-state index in [9.17, 15) is 22.0 Å². The molecule has 1 rings (SSSR count). The maximum Gasteiger partial charge on any atom is 0.186 e. The van der Waals surface area contributed by atoms with Gasteiger partial charge in [-0.05, 0) is 12.0 Å². The van der Waals surface area contributed by atoms with E-state index in [1.807, 2.05) is 0 Å². The van der Waals surface area contributed by atoms with Gasteiger partial charge in [0.05, 0.1) is 7.11 Å². The Morgan fingerprint density at radius 2 is 2.00 bits per heavy atom. The molecule has 0 heterocycles. The summed E-state index contributed by atoms with van der Waals surface area (Å²) in [5.41, 5.74) is 0.122. The first-order chi connectivity index (χ1) is 8.73. The van der Waals surface area contributed by atoms with Gasteiger partial charge in [-0.15, -0.1) is 0 Å². The molecule has 0 radical (unpaired) electrons. The summed E-state index contributed by atoms with van der Waals surface area (Å²) in [6.45, 7) is 1.59. The van der Waals surface area contributed by atoms with Crippen molar-refractivity contribution >= 4 is 16.1 Å². The van der Waals surface area contributed by atoms with E-state index in [1.54, 1.807) is 6.92 Å². The second-order valence-electron chi connectivity index (χ2n) is 4.20. The van der Waals surface area contributed by atoms with Crippen LogP contribution in [0.1, 0.15) is 24.8 Å². The number of ether oxygens (including phenoxy) is 1. The molecule has 1 atom stereocenters. The molecule has 0 saturated carbocycles. The largest absolute Gasteiger partial charge is 0.493 e. The standard InChI is InChI=1S/C12H14F2O4S/c1-7(4-5-15)8-6-9(13)12(19(3,16)17)10(14)11(8)18-2/h5-7H,4H2,1-3H3. The lowest BCUT2D eigenvalue weighted by atomic mass is 9.97. The Morgan fingerprint density at radius 3 is 2.42 bits per heavy atom. The molecule has 0 spiro atoms. The van der Waals surface area contributed by atoms with Crippen molar-refractivity contribution in [3.05, 3.63) is 23.3 Å². The average molecular weight is 292 g/mol. The highest BCUT2D eigenvalue weighted by Crippen LogP contribution is 2.35. The molecule has 7 heteroatoms. The first kappa shape index (κ1) is 15.6.